The molecule has 0 fully saturated rings. The van der Waals surface area contributed by atoms with Gasteiger partial charge in [0.15, 0.2) is 0 Å². The molecule has 4 aromatic heterocycles. The fourth-order valence-electron chi connectivity index (χ4n) is 11.5. The Kier molecular flexibility index (Phi) is 7.12. The zero-order valence-electron chi connectivity index (χ0n) is 34.7. The van der Waals surface area contributed by atoms with Gasteiger partial charge in [0.25, 0.3) is 0 Å². The molecule has 4 nitrogen and oxygen atoms in total. The van der Waals surface area contributed by atoms with Crippen molar-refractivity contribution < 1.29 is 0 Å². The van der Waals surface area contributed by atoms with E-state index < -0.39 is 0 Å². The van der Waals surface area contributed by atoms with E-state index in [4.69, 9.17) is 0 Å². The molecule has 1 atom stereocenters. The van der Waals surface area contributed by atoms with E-state index in [1.807, 2.05) is 0 Å². The van der Waals surface area contributed by atoms with Gasteiger partial charge in [-0.1, -0.05) is 153 Å². The van der Waals surface area contributed by atoms with Crippen LogP contribution in [0.2, 0.25) is 0 Å². The maximum atomic E-state index is 2.60. The van der Waals surface area contributed by atoms with Crippen molar-refractivity contribution >= 4 is 76.2 Å². The van der Waals surface area contributed by atoms with E-state index in [0.29, 0.717) is 5.92 Å². The summed E-state index contributed by atoms with van der Waals surface area (Å²) in [6, 6.07) is 76.2. The Bertz CT molecular complexity index is 4010. The Hall–Kier alpha value is -8.08. The van der Waals surface area contributed by atoms with Crippen LogP contribution in [0, 0.1) is 0 Å². The van der Waals surface area contributed by atoms with Gasteiger partial charge in [-0.15, -0.1) is 0 Å². The smallest absolute Gasteiger partial charge is 0.0789 e. The Balaban J connectivity index is 1.11. The normalized spacial score (nSPS) is 13.9. The summed E-state index contributed by atoms with van der Waals surface area (Å²) >= 11 is 0. The highest BCUT2D eigenvalue weighted by Crippen LogP contribution is 2.51. The van der Waals surface area contributed by atoms with E-state index >= 15 is 0 Å². The van der Waals surface area contributed by atoms with Crippen LogP contribution in [0.1, 0.15) is 24.0 Å². The third-order valence-electron chi connectivity index (χ3n) is 14.0. The van der Waals surface area contributed by atoms with E-state index in [1.165, 1.54) is 110 Å². The van der Waals surface area contributed by atoms with Crippen LogP contribution in [-0.2, 0) is 6.42 Å². The molecule has 1 aliphatic rings. The molecular weight excluding hydrogens is 765 g/mol. The lowest BCUT2D eigenvalue weighted by molar-refractivity contribution is 0.751. The Morgan fingerprint density at radius 1 is 0.317 bits per heavy atom. The van der Waals surface area contributed by atoms with Crippen molar-refractivity contribution in [2.45, 2.75) is 19.3 Å². The molecule has 0 radical (unpaired) electrons. The minimum absolute atomic E-state index is 0.329. The summed E-state index contributed by atoms with van der Waals surface area (Å²) in [5.74, 6) is 0.329. The Labute approximate surface area is 363 Å². The third-order valence-corrected chi connectivity index (χ3v) is 14.0. The van der Waals surface area contributed by atoms with Crippen LogP contribution in [0.25, 0.3) is 110 Å². The standard InChI is InChI=1S/C59H40N4/c1-37-36-48-44-24-10-13-29-50(44)61(39-20-6-3-7-21-39)58(48)59-55(37)47-25-11-15-31-54(47)63(59)53-33-17-26-40-41(53)27-16-32-52(40)62-51-30-14-9-23-43(51)46-35-34-45-42-22-8-12-28-49(42)60(56(45)57(46)62)38-18-4-2-5-19-38/h2-35,37H,36H2,1H3. The first kappa shape index (κ1) is 34.6. The minimum Gasteiger partial charge on any atom is -0.307 e. The molecule has 4 heteroatoms. The molecule has 9 aromatic carbocycles. The molecule has 13 aromatic rings. The Morgan fingerprint density at radius 2 is 0.746 bits per heavy atom. The van der Waals surface area contributed by atoms with Gasteiger partial charge in [0, 0.05) is 54.5 Å². The molecule has 0 saturated heterocycles. The topological polar surface area (TPSA) is 19.7 Å². The molecule has 4 heterocycles. The van der Waals surface area contributed by atoms with Gasteiger partial charge in [0.05, 0.1) is 55.9 Å². The van der Waals surface area contributed by atoms with E-state index in [2.05, 4.69) is 231 Å². The summed E-state index contributed by atoms with van der Waals surface area (Å²) < 4.78 is 10.1. The number of benzene rings is 9. The van der Waals surface area contributed by atoms with Gasteiger partial charge in [-0.2, -0.15) is 0 Å². The van der Waals surface area contributed by atoms with Crippen molar-refractivity contribution in [1.29, 1.82) is 0 Å². The zero-order chi connectivity index (χ0) is 41.3. The number of rotatable bonds is 4. The number of aromatic nitrogens is 4. The fraction of sp³-hybridized carbons (Fsp3) is 0.0508. The zero-order valence-corrected chi connectivity index (χ0v) is 34.7. The highest BCUT2D eigenvalue weighted by molar-refractivity contribution is 6.24. The lowest BCUT2D eigenvalue weighted by Gasteiger charge is -2.25. The third kappa shape index (κ3) is 4.64. The van der Waals surface area contributed by atoms with E-state index in [-0.39, 0.29) is 0 Å². The average Bonchev–Trinajstić information content (AvgIpc) is 4.07. The quantitative estimate of drug-likeness (QED) is 0.169. The maximum Gasteiger partial charge on any atom is 0.0789 e. The SMILES string of the molecule is CC1Cc2c(n(-c3ccccc3)c3ccccc23)-c2c1c1ccccc1n2-c1cccc2c(-n3c4ccccc4c4ccc5c6ccccc6n(-c6ccccc6)c5c43)cccc12. The molecule has 0 bridgehead atoms. The van der Waals surface area contributed by atoms with E-state index in [9.17, 15) is 0 Å². The van der Waals surface area contributed by atoms with Crippen LogP contribution in [0.15, 0.2) is 206 Å². The van der Waals surface area contributed by atoms with Crippen LogP contribution >= 0.6 is 0 Å². The second-order valence-electron chi connectivity index (χ2n) is 17.3. The molecule has 0 amide bonds. The fourth-order valence-corrected chi connectivity index (χ4v) is 11.5. The predicted molar refractivity (Wildman–Crippen MR) is 264 cm³/mol. The van der Waals surface area contributed by atoms with Gasteiger partial charge in [0.1, 0.15) is 0 Å². The van der Waals surface area contributed by atoms with Crippen molar-refractivity contribution in [3.63, 3.8) is 0 Å². The molecule has 14 rings (SSSR count). The predicted octanol–water partition coefficient (Wildman–Crippen LogP) is 15.2. The lowest BCUT2D eigenvalue weighted by Crippen LogP contribution is -2.12. The largest absolute Gasteiger partial charge is 0.307 e. The highest BCUT2D eigenvalue weighted by Gasteiger charge is 2.35. The summed E-state index contributed by atoms with van der Waals surface area (Å²) in [6.45, 7) is 2.42. The van der Waals surface area contributed by atoms with E-state index in [1.54, 1.807) is 0 Å². The van der Waals surface area contributed by atoms with Crippen molar-refractivity contribution in [2.75, 3.05) is 0 Å². The van der Waals surface area contributed by atoms with Crippen LogP contribution in [0.4, 0.5) is 0 Å². The molecule has 296 valence electrons. The van der Waals surface area contributed by atoms with Crippen molar-refractivity contribution in [1.82, 2.24) is 18.3 Å². The van der Waals surface area contributed by atoms with Gasteiger partial charge in [-0.25, -0.2) is 0 Å². The molecule has 63 heavy (non-hydrogen) atoms. The lowest BCUT2D eigenvalue weighted by atomic mass is 9.84. The van der Waals surface area contributed by atoms with Crippen LogP contribution in [0.5, 0.6) is 0 Å². The first-order chi connectivity index (χ1) is 31.2. The van der Waals surface area contributed by atoms with Gasteiger partial charge in [-0.05, 0) is 84.1 Å². The van der Waals surface area contributed by atoms with Gasteiger partial charge < -0.3 is 18.3 Å². The van der Waals surface area contributed by atoms with Crippen molar-refractivity contribution in [3.05, 3.63) is 217 Å². The first-order valence-corrected chi connectivity index (χ1v) is 22.1. The molecule has 0 spiro atoms. The Morgan fingerprint density at radius 3 is 1.35 bits per heavy atom. The molecule has 0 aliphatic heterocycles. The van der Waals surface area contributed by atoms with Crippen molar-refractivity contribution in [2.24, 2.45) is 0 Å². The summed E-state index contributed by atoms with van der Waals surface area (Å²) in [7, 11) is 0. The van der Waals surface area contributed by atoms with Crippen LogP contribution in [-0.4, -0.2) is 18.3 Å². The second kappa shape index (κ2) is 13.0. The van der Waals surface area contributed by atoms with Gasteiger partial charge in [0.2, 0.25) is 0 Å². The molecule has 1 unspecified atom stereocenters. The van der Waals surface area contributed by atoms with Crippen LogP contribution in [0.3, 0.4) is 0 Å². The van der Waals surface area contributed by atoms with Gasteiger partial charge in [-0.3, -0.25) is 0 Å². The van der Waals surface area contributed by atoms with E-state index in [0.717, 1.165) is 17.8 Å². The summed E-state index contributed by atoms with van der Waals surface area (Å²) in [5, 5.41) is 10.1. The molecule has 0 N–H and O–H groups in total. The van der Waals surface area contributed by atoms with Crippen LogP contribution < -0.4 is 0 Å². The summed E-state index contributed by atoms with van der Waals surface area (Å²) in [4.78, 5) is 0. The highest BCUT2D eigenvalue weighted by atomic mass is 15.1. The number of hydrogen-bond donors (Lipinski definition) is 0. The average molecular weight is 805 g/mol. The first-order valence-electron chi connectivity index (χ1n) is 22.1. The minimum atomic E-state index is 0.329. The van der Waals surface area contributed by atoms with Gasteiger partial charge >= 0.3 is 0 Å². The summed E-state index contributed by atoms with van der Waals surface area (Å²) in [5.41, 5.74) is 17.4. The number of para-hydroxylation sites is 6. The second-order valence-corrected chi connectivity index (χ2v) is 17.3. The van der Waals surface area contributed by atoms with Crippen molar-refractivity contribution in [3.8, 4) is 34.1 Å². The number of hydrogen-bond acceptors (Lipinski definition) is 0. The molecule has 1 aliphatic carbocycles. The number of fused-ring (bicyclic) bond motifs is 15. The molecule has 0 saturated carbocycles. The monoisotopic (exact) mass is 804 g/mol. The number of nitrogens with zero attached hydrogens (tertiary/aromatic N) is 4. The maximum absolute atomic E-state index is 2.60. The summed E-state index contributed by atoms with van der Waals surface area (Å²) in [6.07, 6.45) is 0.984. The molecular formula is C59H40N4.